The van der Waals surface area contributed by atoms with Crippen molar-refractivity contribution in [2.75, 3.05) is 17.8 Å². The first-order valence-corrected chi connectivity index (χ1v) is 8.59. The van der Waals surface area contributed by atoms with Crippen LogP contribution in [0, 0.1) is 0 Å². The number of rotatable bonds is 5. The summed E-state index contributed by atoms with van der Waals surface area (Å²) in [4.78, 5) is 0.307. The Morgan fingerprint density at radius 1 is 1.43 bits per heavy atom. The third-order valence-electron chi connectivity index (χ3n) is 2.40. The zero-order chi connectivity index (χ0) is 16.3. The highest BCUT2D eigenvalue weighted by Gasteiger charge is 2.31. The van der Waals surface area contributed by atoms with Gasteiger partial charge in [0.1, 0.15) is 9.84 Å². The van der Waals surface area contributed by atoms with Crippen LogP contribution in [-0.2, 0) is 16.0 Å². The lowest BCUT2D eigenvalue weighted by atomic mass is 10.1. The Balaban J connectivity index is 3.09. The number of nitrogens with two attached hydrogens (primary N) is 1. The lowest BCUT2D eigenvalue weighted by molar-refractivity contribution is -0.137. The van der Waals surface area contributed by atoms with Crippen LogP contribution in [0.2, 0.25) is 0 Å². The molecule has 0 unspecified atom stereocenters. The van der Waals surface area contributed by atoms with E-state index in [0.717, 1.165) is 30.2 Å². The van der Waals surface area contributed by atoms with Crippen LogP contribution < -0.4 is 5.73 Å². The first-order valence-electron chi connectivity index (χ1n) is 5.54. The minimum atomic E-state index is -4.56. The Hall–Kier alpha value is -1.42. The number of amidine groups is 1. The summed E-state index contributed by atoms with van der Waals surface area (Å²) in [6.45, 7) is 0. The summed E-state index contributed by atoms with van der Waals surface area (Å²) in [5.74, 6) is -0.451. The third kappa shape index (κ3) is 5.46. The van der Waals surface area contributed by atoms with Crippen LogP contribution >= 0.6 is 11.8 Å². The number of alkyl halides is 3. The average molecular weight is 342 g/mol. The standard InChI is InChI=1S/C11H13F3N2O3S2/c1-21(18,19)5-4-20-9-3-2-7(11(12,13)14)6-8(9)10(15)16-17/h2-3,6,17H,4-5H2,1H3,(H2,15,16). The molecule has 10 heteroatoms. The molecule has 0 saturated heterocycles. The molecule has 0 aliphatic heterocycles. The van der Waals surface area contributed by atoms with Crippen molar-refractivity contribution in [2.45, 2.75) is 11.1 Å². The Morgan fingerprint density at radius 2 is 2.05 bits per heavy atom. The third-order valence-corrected chi connectivity index (χ3v) is 4.68. The minimum Gasteiger partial charge on any atom is -0.409 e. The van der Waals surface area contributed by atoms with Gasteiger partial charge in [0.05, 0.1) is 11.3 Å². The summed E-state index contributed by atoms with van der Waals surface area (Å²) < 4.78 is 60.0. The van der Waals surface area contributed by atoms with Crippen LogP contribution in [0.5, 0.6) is 0 Å². The van der Waals surface area contributed by atoms with E-state index in [9.17, 15) is 21.6 Å². The SMILES string of the molecule is CS(=O)(=O)CCSc1ccc(C(F)(F)F)cc1C(N)=NO. The van der Waals surface area contributed by atoms with Gasteiger partial charge in [-0.1, -0.05) is 5.16 Å². The zero-order valence-corrected chi connectivity index (χ0v) is 12.5. The Labute approximate surface area is 123 Å². The maximum atomic E-state index is 12.6. The van der Waals surface area contributed by atoms with Crippen molar-refractivity contribution in [1.29, 1.82) is 0 Å². The normalized spacial score (nSPS) is 13.4. The zero-order valence-electron chi connectivity index (χ0n) is 10.9. The molecule has 0 amide bonds. The molecule has 5 nitrogen and oxygen atoms in total. The molecule has 0 aliphatic rings. The first kappa shape index (κ1) is 17.6. The van der Waals surface area contributed by atoms with E-state index < -0.39 is 27.4 Å². The van der Waals surface area contributed by atoms with E-state index in [-0.39, 0.29) is 17.1 Å². The molecule has 1 aromatic rings. The van der Waals surface area contributed by atoms with Gasteiger partial charge in [-0.3, -0.25) is 0 Å². The monoisotopic (exact) mass is 342 g/mol. The number of halogens is 3. The smallest absolute Gasteiger partial charge is 0.409 e. The van der Waals surface area contributed by atoms with Gasteiger partial charge >= 0.3 is 6.18 Å². The number of benzene rings is 1. The lowest BCUT2D eigenvalue weighted by Gasteiger charge is -2.12. The van der Waals surface area contributed by atoms with Gasteiger partial charge in [0.2, 0.25) is 0 Å². The van der Waals surface area contributed by atoms with Crippen molar-refractivity contribution in [1.82, 2.24) is 0 Å². The van der Waals surface area contributed by atoms with Gasteiger partial charge in [-0.05, 0) is 18.2 Å². The molecule has 0 aliphatic carbocycles. The van der Waals surface area contributed by atoms with E-state index >= 15 is 0 Å². The molecule has 0 spiro atoms. The number of nitrogens with zero attached hydrogens (tertiary/aromatic N) is 1. The highest BCUT2D eigenvalue weighted by molar-refractivity contribution is 8.00. The largest absolute Gasteiger partial charge is 0.416 e. The number of hydrogen-bond donors (Lipinski definition) is 2. The number of sulfone groups is 1. The van der Waals surface area contributed by atoms with Crippen molar-refractivity contribution in [2.24, 2.45) is 10.9 Å². The molecule has 0 aromatic heterocycles. The number of hydrogen-bond acceptors (Lipinski definition) is 5. The van der Waals surface area contributed by atoms with Crippen LogP contribution in [0.1, 0.15) is 11.1 Å². The molecule has 118 valence electrons. The van der Waals surface area contributed by atoms with Crippen molar-refractivity contribution >= 4 is 27.4 Å². The van der Waals surface area contributed by atoms with Crippen molar-refractivity contribution < 1.29 is 26.8 Å². The summed E-state index contributed by atoms with van der Waals surface area (Å²) in [7, 11) is -3.18. The van der Waals surface area contributed by atoms with E-state index in [2.05, 4.69) is 5.16 Å². The molecule has 0 radical (unpaired) electrons. The van der Waals surface area contributed by atoms with Crippen LogP contribution in [0.15, 0.2) is 28.3 Å². The van der Waals surface area contributed by atoms with Gasteiger partial charge in [0.25, 0.3) is 0 Å². The van der Waals surface area contributed by atoms with Crippen molar-refractivity contribution in [3.63, 3.8) is 0 Å². The second kappa shape index (κ2) is 6.56. The van der Waals surface area contributed by atoms with Gasteiger partial charge < -0.3 is 10.9 Å². The van der Waals surface area contributed by atoms with E-state index in [1.54, 1.807) is 0 Å². The van der Waals surface area contributed by atoms with E-state index in [4.69, 9.17) is 10.9 Å². The average Bonchev–Trinajstić information content (AvgIpc) is 2.35. The van der Waals surface area contributed by atoms with Gasteiger partial charge in [-0.25, -0.2) is 8.42 Å². The number of thioether (sulfide) groups is 1. The van der Waals surface area contributed by atoms with Gasteiger partial charge in [0, 0.05) is 22.5 Å². The van der Waals surface area contributed by atoms with E-state index in [1.807, 2.05) is 0 Å². The summed E-state index contributed by atoms with van der Waals surface area (Å²) in [5.41, 5.74) is 4.34. The summed E-state index contributed by atoms with van der Waals surface area (Å²) >= 11 is 1.02. The minimum absolute atomic E-state index is 0.0918. The molecule has 0 bridgehead atoms. The molecule has 0 atom stereocenters. The summed E-state index contributed by atoms with van der Waals surface area (Å²) in [5, 5.41) is 11.3. The number of oxime groups is 1. The summed E-state index contributed by atoms with van der Waals surface area (Å²) in [6, 6.07) is 2.79. The Morgan fingerprint density at radius 3 is 2.52 bits per heavy atom. The lowest BCUT2D eigenvalue weighted by Crippen LogP contribution is -2.16. The fourth-order valence-electron chi connectivity index (χ4n) is 1.39. The Bertz CT molecular complexity index is 643. The highest BCUT2D eigenvalue weighted by atomic mass is 32.2. The highest BCUT2D eigenvalue weighted by Crippen LogP contribution is 2.33. The second-order valence-electron chi connectivity index (χ2n) is 4.17. The van der Waals surface area contributed by atoms with Crippen LogP contribution in [0.3, 0.4) is 0 Å². The molecular formula is C11H13F3N2O3S2. The molecule has 21 heavy (non-hydrogen) atoms. The van der Waals surface area contributed by atoms with Crippen LogP contribution in [0.25, 0.3) is 0 Å². The van der Waals surface area contributed by atoms with E-state index in [0.29, 0.717) is 4.90 Å². The molecule has 0 fully saturated rings. The van der Waals surface area contributed by atoms with Crippen molar-refractivity contribution in [3.05, 3.63) is 29.3 Å². The molecular weight excluding hydrogens is 329 g/mol. The summed E-state index contributed by atoms with van der Waals surface area (Å²) in [6.07, 6.45) is -3.49. The topological polar surface area (TPSA) is 92.8 Å². The van der Waals surface area contributed by atoms with Crippen LogP contribution in [-0.4, -0.2) is 37.2 Å². The maximum absolute atomic E-state index is 12.6. The molecule has 1 rings (SSSR count). The quantitative estimate of drug-likeness (QED) is 0.280. The predicted octanol–water partition coefficient (Wildman–Crippen LogP) is 1.94. The van der Waals surface area contributed by atoms with Crippen LogP contribution in [0.4, 0.5) is 13.2 Å². The fourth-order valence-corrected chi connectivity index (χ4v) is 3.64. The molecule has 0 saturated carbocycles. The van der Waals surface area contributed by atoms with Gasteiger partial charge in [-0.2, -0.15) is 13.2 Å². The predicted molar refractivity (Wildman–Crippen MR) is 74.4 cm³/mol. The van der Waals surface area contributed by atoms with Gasteiger partial charge in [0.15, 0.2) is 5.84 Å². The van der Waals surface area contributed by atoms with Gasteiger partial charge in [-0.15, -0.1) is 11.8 Å². The maximum Gasteiger partial charge on any atom is 0.416 e. The molecule has 0 heterocycles. The van der Waals surface area contributed by atoms with Crippen molar-refractivity contribution in [3.8, 4) is 0 Å². The first-order chi connectivity index (χ1) is 9.54. The second-order valence-corrected chi connectivity index (χ2v) is 7.57. The Kier molecular flexibility index (Phi) is 5.51. The fraction of sp³-hybridized carbons (Fsp3) is 0.364. The molecule has 1 aromatic carbocycles. The van der Waals surface area contributed by atoms with E-state index in [1.165, 1.54) is 6.07 Å². The molecule has 3 N–H and O–H groups in total.